The smallest absolute Gasteiger partial charge is 0.205 e. The van der Waals surface area contributed by atoms with Gasteiger partial charge in [0.1, 0.15) is 5.82 Å². The Kier molecular flexibility index (Phi) is 3.92. The predicted octanol–water partition coefficient (Wildman–Crippen LogP) is 4.36. The fourth-order valence-electron chi connectivity index (χ4n) is 1.83. The summed E-state index contributed by atoms with van der Waals surface area (Å²) in [6.45, 7) is 0. The number of aromatic nitrogens is 1. The Morgan fingerprint density at radius 1 is 1.05 bits per heavy atom. The van der Waals surface area contributed by atoms with Gasteiger partial charge in [0.2, 0.25) is 5.89 Å². The molecule has 21 heavy (non-hydrogen) atoms. The molecule has 0 radical (unpaired) electrons. The van der Waals surface area contributed by atoms with Crippen LogP contribution in [0.4, 0.5) is 10.1 Å². The van der Waals surface area contributed by atoms with Crippen LogP contribution in [0.2, 0.25) is 0 Å². The van der Waals surface area contributed by atoms with Gasteiger partial charge in [0.15, 0.2) is 5.76 Å². The number of oxazole rings is 1. The van der Waals surface area contributed by atoms with Gasteiger partial charge in [0.05, 0.1) is 11.9 Å². The van der Waals surface area contributed by atoms with E-state index < -0.39 is 0 Å². The van der Waals surface area contributed by atoms with Gasteiger partial charge in [-0.1, -0.05) is 0 Å². The number of hydrogen-bond acceptors (Lipinski definition) is 4. The number of halogens is 1. The van der Waals surface area contributed by atoms with E-state index in [0.29, 0.717) is 17.4 Å². The van der Waals surface area contributed by atoms with Crippen LogP contribution in [-0.4, -0.2) is 4.98 Å². The monoisotopic (exact) mass is 300 g/mol. The van der Waals surface area contributed by atoms with Gasteiger partial charge in [0, 0.05) is 16.1 Å². The SMILES string of the molecule is Nc1ccc(SCc2ncc(-c3ccc(F)cc3)o2)cc1. The third kappa shape index (κ3) is 3.44. The molecular formula is C16H13FN2OS. The molecule has 0 saturated heterocycles. The minimum Gasteiger partial charge on any atom is -0.440 e. The molecule has 0 amide bonds. The Morgan fingerprint density at radius 2 is 1.76 bits per heavy atom. The highest BCUT2D eigenvalue weighted by Gasteiger charge is 2.07. The van der Waals surface area contributed by atoms with Crippen molar-refractivity contribution in [3.8, 4) is 11.3 Å². The molecule has 3 rings (SSSR count). The molecule has 0 bridgehead atoms. The van der Waals surface area contributed by atoms with E-state index in [9.17, 15) is 4.39 Å². The summed E-state index contributed by atoms with van der Waals surface area (Å²) in [7, 11) is 0. The zero-order valence-corrected chi connectivity index (χ0v) is 11.9. The van der Waals surface area contributed by atoms with Crippen molar-refractivity contribution in [2.45, 2.75) is 10.6 Å². The molecule has 106 valence electrons. The van der Waals surface area contributed by atoms with Crippen LogP contribution in [0.5, 0.6) is 0 Å². The minimum absolute atomic E-state index is 0.266. The third-order valence-electron chi connectivity index (χ3n) is 2.92. The van der Waals surface area contributed by atoms with Crippen molar-refractivity contribution >= 4 is 17.4 Å². The molecule has 0 spiro atoms. The van der Waals surface area contributed by atoms with E-state index in [1.54, 1.807) is 30.1 Å². The largest absolute Gasteiger partial charge is 0.440 e. The summed E-state index contributed by atoms with van der Waals surface area (Å²) in [6, 6.07) is 13.8. The lowest BCUT2D eigenvalue weighted by atomic mass is 10.2. The first-order valence-corrected chi connectivity index (χ1v) is 7.38. The standard InChI is InChI=1S/C16H13FN2OS/c17-12-3-1-11(2-4-12)15-9-19-16(20-15)10-21-14-7-5-13(18)6-8-14/h1-9H,10,18H2. The van der Waals surface area contributed by atoms with Crippen LogP contribution in [0.15, 0.2) is 64.0 Å². The van der Waals surface area contributed by atoms with E-state index in [4.69, 9.17) is 10.2 Å². The number of rotatable bonds is 4. The lowest BCUT2D eigenvalue weighted by Crippen LogP contribution is -1.83. The minimum atomic E-state index is -0.266. The second-order valence-corrected chi connectivity index (χ2v) is 5.53. The molecule has 1 heterocycles. The summed E-state index contributed by atoms with van der Waals surface area (Å²) < 4.78 is 18.6. The van der Waals surface area contributed by atoms with Gasteiger partial charge in [-0.15, -0.1) is 11.8 Å². The Hall–Kier alpha value is -2.27. The zero-order valence-electron chi connectivity index (χ0n) is 11.1. The second kappa shape index (κ2) is 6.01. The van der Waals surface area contributed by atoms with E-state index in [-0.39, 0.29) is 5.82 Å². The maximum Gasteiger partial charge on any atom is 0.205 e. The molecule has 2 aromatic carbocycles. The predicted molar refractivity (Wildman–Crippen MR) is 82.3 cm³/mol. The fraction of sp³-hybridized carbons (Fsp3) is 0.0625. The average Bonchev–Trinajstić information content (AvgIpc) is 2.96. The number of hydrogen-bond donors (Lipinski definition) is 1. The molecule has 5 heteroatoms. The summed E-state index contributed by atoms with van der Waals surface area (Å²) in [6.07, 6.45) is 1.66. The lowest BCUT2D eigenvalue weighted by Gasteiger charge is -1.99. The quantitative estimate of drug-likeness (QED) is 0.574. The van der Waals surface area contributed by atoms with Gasteiger partial charge < -0.3 is 10.2 Å². The Balaban J connectivity index is 1.67. The molecule has 0 fully saturated rings. The van der Waals surface area contributed by atoms with Crippen molar-refractivity contribution in [3.05, 3.63) is 66.4 Å². The van der Waals surface area contributed by atoms with Crippen molar-refractivity contribution < 1.29 is 8.81 Å². The first-order valence-electron chi connectivity index (χ1n) is 6.40. The molecule has 2 N–H and O–H groups in total. The summed E-state index contributed by atoms with van der Waals surface area (Å²) in [5, 5.41) is 0. The maximum atomic E-state index is 12.9. The molecule has 0 aliphatic rings. The first kappa shape index (κ1) is 13.7. The van der Waals surface area contributed by atoms with Crippen LogP contribution in [0.1, 0.15) is 5.89 Å². The van der Waals surface area contributed by atoms with E-state index in [1.165, 1.54) is 12.1 Å². The number of nitrogens with two attached hydrogens (primary N) is 1. The molecule has 1 aromatic heterocycles. The van der Waals surface area contributed by atoms with Crippen LogP contribution < -0.4 is 5.73 Å². The number of benzene rings is 2. The number of nitrogen functional groups attached to an aromatic ring is 1. The number of thioether (sulfide) groups is 1. The average molecular weight is 300 g/mol. The summed E-state index contributed by atoms with van der Waals surface area (Å²) in [5.74, 6) is 1.64. The number of nitrogens with zero attached hydrogens (tertiary/aromatic N) is 1. The van der Waals surface area contributed by atoms with Crippen LogP contribution in [0, 0.1) is 5.82 Å². The molecule has 0 atom stereocenters. The number of anilines is 1. The van der Waals surface area contributed by atoms with Gasteiger partial charge in [-0.2, -0.15) is 0 Å². The Morgan fingerprint density at radius 3 is 2.48 bits per heavy atom. The van der Waals surface area contributed by atoms with Crippen molar-refractivity contribution in [2.75, 3.05) is 5.73 Å². The Labute approximate surface area is 126 Å². The van der Waals surface area contributed by atoms with Gasteiger partial charge in [-0.3, -0.25) is 0 Å². The normalized spacial score (nSPS) is 10.7. The molecular weight excluding hydrogens is 287 g/mol. The van der Waals surface area contributed by atoms with Gasteiger partial charge in [-0.25, -0.2) is 9.37 Å². The van der Waals surface area contributed by atoms with Crippen LogP contribution in [0.25, 0.3) is 11.3 Å². The highest BCUT2D eigenvalue weighted by molar-refractivity contribution is 7.98. The van der Waals surface area contributed by atoms with Gasteiger partial charge in [0.25, 0.3) is 0 Å². The lowest BCUT2D eigenvalue weighted by molar-refractivity contribution is 0.530. The van der Waals surface area contributed by atoms with Crippen molar-refractivity contribution in [1.29, 1.82) is 0 Å². The summed E-state index contributed by atoms with van der Waals surface area (Å²) in [4.78, 5) is 5.34. The second-order valence-electron chi connectivity index (χ2n) is 4.48. The summed E-state index contributed by atoms with van der Waals surface area (Å²) in [5.41, 5.74) is 7.20. The van der Waals surface area contributed by atoms with Crippen LogP contribution >= 0.6 is 11.8 Å². The van der Waals surface area contributed by atoms with Crippen molar-refractivity contribution in [2.24, 2.45) is 0 Å². The highest BCUT2D eigenvalue weighted by atomic mass is 32.2. The van der Waals surface area contributed by atoms with Crippen molar-refractivity contribution in [1.82, 2.24) is 4.98 Å². The highest BCUT2D eigenvalue weighted by Crippen LogP contribution is 2.26. The molecule has 0 aliphatic heterocycles. The summed E-state index contributed by atoms with van der Waals surface area (Å²) >= 11 is 1.62. The third-order valence-corrected chi connectivity index (χ3v) is 3.92. The molecule has 3 nitrogen and oxygen atoms in total. The topological polar surface area (TPSA) is 52.0 Å². The van der Waals surface area contributed by atoms with E-state index in [1.807, 2.05) is 24.3 Å². The molecule has 0 aliphatic carbocycles. The molecule has 0 saturated carbocycles. The first-order chi connectivity index (χ1) is 10.2. The Bertz CT molecular complexity index is 723. The maximum absolute atomic E-state index is 12.9. The van der Waals surface area contributed by atoms with E-state index >= 15 is 0 Å². The molecule has 0 unspecified atom stereocenters. The van der Waals surface area contributed by atoms with Gasteiger partial charge >= 0.3 is 0 Å². The van der Waals surface area contributed by atoms with Crippen LogP contribution in [0.3, 0.4) is 0 Å². The van der Waals surface area contributed by atoms with Crippen molar-refractivity contribution in [3.63, 3.8) is 0 Å². The van der Waals surface area contributed by atoms with E-state index in [2.05, 4.69) is 4.98 Å². The fourth-order valence-corrected chi connectivity index (χ4v) is 2.59. The molecule has 3 aromatic rings. The van der Waals surface area contributed by atoms with Crippen LogP contribution in [-0.2, 0) is 5.75 Å². The zero-order chi connectivity index (χ0) is 14.7. The van der Waals surface area contributed by atoms with Gasteiger partial charge in [-0.05, 0) is 48.5 Å². The van der Waals surface area contributed by atoms with E-state index in [0.717, 1.165) is 16.1 Å².